The Bertz CT molecular complexity index is 884. The van der Waals surface area contributed by atoms with Crippen molar-refractivity contribution >= 4 is 29.1 Å². The van der Waals surface area contributed by atoms with Gasteiger partial charge < -0.3 is 9.47 Å². The van der Waals surface area contributed by atoms with E-state index in [1.807, 2.05) is 6.07 Å². The van der Waals surface area contributed by atoms with Crippen LogP contribution in [0.15, 0.2) is 52.7 Å². The van der Waals surface area contributed by atoms with E-state index in [2.05, 4.69) is 10.2 Å². The lowest BCUT2D eigenvalue weighted by Crippen LogP contribution is -2.28. The molecule has 8 heteroatoms. The van der Waals surface area contributed by atoms with E-state index in [4.69, 9.17) is 9.47 Å². The van der Waals surface area contributed by atoms with Crippen LogP contribution in [0, 0.1) is 5.82 Å². The first-order valence-corrected chi connectivity index (χ1v) is 9.10. The number of ether oxygens (including phenoxy) is 2. The second-order valence-corrected chi connectivity index (χ2v) is 6.58. The molecule has 140 valence electrons. The molecule has 0 aliphatic carbocycles. The number of hydrogen-bond donors (Lipinski definition) is 0. The minimum atomic E-state index is -0.311. The van der Waals surface area contributed by atoms with Gasteiger partial charge in [0.1, 0.15) is 5.82 Å². The molecule has 1 saturated heterocycles. The third-order valence-electron chi connectivity index (χ3n) is 3.87. The average Bonchev–Trinajstić information content (AvgIpc) is 3.03. The molecule has 1 heterocycles. The molecule has 27 heavy (non-hydrogen) atoms. The molecule has 0 atom stereocenters. The number of benzene rings is 2. The van der Waals surface area contributed by atoms with E-state index >= 15 is 0 Å². The van der Waals surface area contributed by atoms with Gasteiger partial charge >= 0.3 is 0 Å². The Morgan fingerprint density at radius 3 is 2.59 bits per heavy atom. The van der Waals surface area contributed by atoms with Crippen LogP contribution < -0.4 is 9.47 Å². The van der Waals surface area contributed by atoms with Crippen LogP contribution in [0.2, 0.25) is 0 Å². The fraction of sp³-hybridized carbons (Fsp3) is 0.211. The van der Waals surface area contributed by atoms with E-state index in [0.29, 0.717) is 29.0 Å². The molecule has 0 bridgehead atoms. The predicted molar refractivity (Wildman–Crippen MR) is 104 cm³/mol. The van der Waals surface area contributed by atoms with Gasteiger partial charge in [-0.15, -0.1) is 5.10 Å². The molecule has 1 aliphatic rings. The van der Waals surface area contributed by atoms with Gasteiger partial charge in [-0.2, -0.15) is 5.10 Å². The van der Waals surface area contributed by atoms with E-state index in [0.717, 1.165) is 11.1 Å². The van der Waals surface area contributed by atoms with Crippen molar-refractivity contribution in [3.8, 4) is 11.5 Å². The molecular formula is C19H18FN3O3S. The summed E-state index contributed by atoms with van der Waals surface area (Å²) < 4.78 is 23.5. The Morgan fingerprint density at radius 1 is 1.15 bits per heavy atom. The zero-order valence-corrected chi connectivity index (χ0v) is 15.7. The van der Waals surface area contributed by atoms with Crippen molar-refractivity contribution in [1.82, 2.24) is 4.90 Å². The molecular weight excluding hydrogens is 369 g/mol. The van der Waals surface area contributed by atoms with Crippen LogP contribution in [0.3, 0.4) is 0 Å². The van der Waals surface area contributed by atoms with E-state index in [1.165, 1.54) is 23.9 Å². The van der Waals surface area contributed by atoms with Crippen LogP contribution in [0.25, 0.3) is 0 Å². The SMILES string of the molecule is COc1ccc(/C=N/N=C2\SCC(=O)N2Cc2ccc(F)cc2)cc1OC. The van der Waals surface area contributed by atoms with Crippen molar-refractivity contribution in [3.63, 3.8) is 0 Å². The van der Waals surface area contributed by atoms with Gasteiger partial charge in [-0.05, 0) is 41.5 Å². The molecule has 2 aromatic rings. The van der Waals surface area contributed by atoms with Crippen LogP contribution in [0.4, 0.5) is 4.39 Å². The molecule has 6 nitrogen and oxygen atoms in total. The fourth-order valence-electron chi connectivity index (χ4n) is 2.48. The predicted octanol–water partition coefficient (Wildman–Crippen LogP) is 3.31. The Hall–Kier alpha value is -2.87. The number of rotatable bonds is 6. The molecule has 1 fully saturated rings. The number of carbonyl (C=O) groups is 1. The molecule has 1 amide bonds. The van der Waals surface area contributed by atoms with Crippen LogP contribution in [-0.4, -0.2) is 42.2 Å². The van der Waals surface area contributed by atoms with Crippen LogP contribution in [-0.2, 0) is 11.3 Å². The van der Waals surface area contributed by atoms with E-state index in [1.54, 1.807) is 49.6 Å². The standard InChI is InChI=1S/C19H18FN3O3S/c1-25-16-8-5-14(9-17(16)26-2)10-21-22-19-23(18(24)12-27-19)11-13-3-6-15(20)7-4-13/h3-10H,11-12H2,1-2H3/b21-10+,22-19-. The molecule has 0 spiro atoms. The van der Waals surface area contributed by atoms with Gasteiger partial charge in [0.25, 0.3) is 0 Å². The van der Waals surface area contributed by atoms with E-state index in [-0.39, 0.29) is 11.7 Å². The number of thioether (sulfide) groups is 1. The van der Waals surface area contributed by atoms with Crippen LogP contribution in [0.1, 0.15) is 11.1 Å². The zero-order valence-electron chi connectivity index (χ0n) is 14.9. The van der Waals surface area contributed by atoms with Crippen molar-refractivity contribution in [1.29, 1.82) is 0 Å². The Labute approximate surface area is 160 Å². The van der Waals surface area contributed by atoms with Gasteiger partial charge in [0.05, 0.1) is 32.7 Å². The smallest absolute Gasteiger partial charge is 0.239 e. The van der Waals surface area contributed by atoms with Crippen LogP contribution >= 0.6 is 11.8 Å². The summed E-state index contributed by atoms with van der Waals surface area (Å²) in [6.45, 7) is 0.330. The van der Waals surface area contributed by atoms with Crippen molar-refractivity contribution < 1.29 is 18.7 Å². The number of amidine groups is 1. The van der Waals surface area contributed by atoms with Crippen molar-refractivity contribution in [2.24, 2.45) is 10.2 Å². The van der Waals surface area contributed by atoms with Crippen LogP contribution in [0.5, 0.6) is 11.5 Å². The fourth-order valence-corrected chi connectivity index (χ4v) is 3.31. The Kier molecular flexibility index (Phi) is 6.08. The minimum absolute atomic E-state index is 0.0515. The molecule has 1 aliphatic heterocycles. The van der Waals surface area contributed by atoms with Gasteiger partial charge in [0.2, 0.25) is 5.91 Å². The summed E-state index contributed by atoms with van der Waals surface area (Å²) in [5.41, 5.74) is 1.61. The molecule has 0 aromatic heterocycles. The molecule has 0 unspecified atom stereocenters. The third-order valence-corrected chi connectivity index (χ3v) is 4.82. The first-order chi connectivity index (χ1) is 13.1. The van der Waals surface area contributed by atoms with Gasteiger partial charge in [-0.25, -0.2) is 4.39 Å². The highest BCUT2D eigenvalue weighted by Gasteiger charge is 2.28. The van der Waals surface area contributed by atoms with E-state index in [9.17, 15) is 9.18 Å². The average molecular weight is 387 g/mol. The largest absolute Gasteiger partial charge is 0.493 e. The number of halogens is 1. The van der Waals surface area contributed by atoms with Crippen molar-refractivity contribution in [2.75, 3.05) is 20.0 Å². The van der Waals surface area contributed by atoms with Gasteiger partial charge in [-0.3, -0.25) is 9.69 Å². The molecule has 0 radical (unpaired) electrons. The monoisotopic (exact) mass is 387 g/mol. The van der Waals surface area contributed by atoms with Gasteiger partial charge in [-0.1, -0.05) is 23.9 Å². The first-order valence-electron chi connectivity index (χ1n) is 8.11. The second-order valence-electron chi connectivity index (χ2n) is 5.64. The first kappa shape index (κ1) is 18.9. The number of carbonyl (C=O) groups excluding carboxylic acids is 1. The lowest BCUT2D eigenvalue weighted by Gasteiger charge is -2.15. The molecule has 0 N–H and O–H groups in total. The highest BCUT2D eigenvalue weighted by atomic mass is 32.2. The lowest BCUT2D eigenvalue weighted by atomic mass is 10.2. The summed E-state index contributed by atoms with van der Waals surface area (Å²) in [6.07, 6.45) is 1.58. The van der Waals surface area contributed by atoms with Crippen molar-refractivity contribution in [3.05, 3.63) is 59.4 Å². The number of amides is 1. The maximum atomic E-state index is 13.0. The summed E-state index contributed by atoms with van der Waals surface area (Å²) in [6, 6.07) is 11.4. The van der Waals surface area contributed by atoms with Gasteiger partial charge in [0, 0.05) is 0 Å². The third kappa shape index (κ3) is 4.65. The summed E-state index contributed by atoms with van der Waals surface area (Å²) >= 11 is 1.32. The molecule has 2 aromatic carbocycles. The van der Waals surface area contributed by atoms with Gasteiger partial charge in [0.15, 0.2) is 16.7 Å². The summed E-state index contributed by atoms with van der Waals surface area (Å²) in [5.74, 6) is 1.17. The number of nitrogens with zero attached hydrogens (tertiary/aromatic N) is 3. The number of methoxy groups -OCH3 is 2. The highest BCUT2D eigenvalue weighted by Crippen LogP contribution is 2.27. The minimum Gasteiger partial charge on any atom is -0.493 e. The highest BCUT2D eigenvalue weighted by molar-refractivity contribution is 8.15. The van der Waals surface area contributed by atoms with Crippen molar-refractivity contribution in [2.45, 2.75) is 6.54 Å². The summed E-state index contributed by atoms with van der Waals surface area (Å²) in [4.78, 5) is 13.7. The quantitative estimate of drug-likeness (QED) is 0.564. The molecule has 0 saturated carbocycles. The zero-order chi connectivity index (χ0) is 19.2. The maximum absolute atomic E-state index is 13.0. The summed E-state index contributed by atoms with van der Waals surface area (Å²) in [5, 5.41) is 8.77. The second kappa shape index (κ2) is 8.68. The normalized spacial score (nSPS) is 15.7. The Morgan fingerprint density at radius 2 is 1.89 bits per heavy atom. The topological polar surface area (TPSA) is 63.5 Å². The maximum Gasteiger partial charge on any atom is 0.239 e. The van der Waals surface area contributed by atoms with E-state index < -0.39 is 0 Å². The summed E-state index contributed by atoms with van der Waals surface area (Å²) in [7, 11) is 3.13. The number of hydrogen-bond acceptors (Lipinski definition) is 6. The lowest BCUT2D eigenvalue weighted by molar-refractivity contribution is -0.124. The Balaban J connectivity index is 1.74. The molecule has 3 rings (SSSR count).